The second-order valence-corrected chi connectivity index (χ2v) is 12.2. The lowest BCUT2D eigenvalue weighted by Gasteiger charge is -2.73. The van der Waals surface area contributed by atoms with Gasteiger partial charge in [-0.1, -0.05) is 39.0 Å². The van der Waals surface area contributed by atoms with Gasteiger partial charge in [0.1, 0.15) is 11.7 Å². The molecule has 0 aromatic heterocycles. The Hall–Kier alpha value is -2.05. The minimum Gasteiger partial charge on any atom is -0.504 e. The number of ether oxygens (including phenoxy) is 2. The van der Waals surface area contributed by atoms with E-state index in [0.29, 0.717) is 25.1 Å². The Morgan fingerprint density at radius 1 is 1.24 bits per heavy atom. The molecule has 2 spiro atoms. The van der Waals surface area contributed by atoms with Crippen LogP contribution in [0, 0.1) is 16.7 Å². The van der Waals surface area contributed by atoms with Crippen LogP contribution in [-0.2, 0) is 21.4 Å². The molecule has 4 bridgehead atoms. The molecule has 6 nitrogen and oxygen atoms in total. The van der Waals surface area contributed by atoms with E-state index < -0.39 is 27.4 Å². The maximum atomic E-state index is 12.8. The number of likely N-dealkylation sites (tertiary alicyclic amines) is 1. The Morgan fingerprint density at radius 2 is 1.97 bits per heavy atom. The third-order valence-corrected chi connectivity index (χ3v) is 10.4. The lowest BCUT2D eigenvalue weighted by atomic mass is 9.35. The van der Waals surface area contributed by atoms with Gasteiger partial charge in [-0.05, 0) is 43.2 Å². The standard InChI is InChI=1S/C27H35NO5/c1-15(29)28-12-11-26-20-16-7-8-17(30)21(20)33-22(26)27(32-6)10-9-25(26,19(28)13-16)14-18(27)24(5,31)23(2,3)4/h7-10,18-19,22,30-31H,11-14H2,1-6H3/t18-,19-,22-,24+,25-,26+,27-/m1/s1. The molecule has 1 saturated heterocycles. The van der Waals surface area contributed by atoms with Gasteiger partial charge >= 0.3 is 0 Å². The van der Waals surface area contributed by atoms with Crippen LogP contribution in [0.3, 0.4) is 0 Å². The van der Waals surface area contributed by atoms with Gasteiger partial charge in [0.2, 0.25) is 5.91 Å². The number of nitrogens with zero attached hydrogens (tertiary/aromatic N) is 1. The monoisotopic (exact) mass is 453 g/mol. The Kier molecular flexibility index (Phi) is 3.87. The van der Waals surface area contributed by atoms with Gasteiger partial charge in [-0.3, -0.25) is 4.79 Å². The van der Waals surface area contributed by atoms with Crippen molar-refractivity contribution in [1.29, 1.82) is 0 Å². The first kappa shape index (κ1) is 21.5. The molecule has 1 aromatic carbocycles. The van der Waals surface area contributed by atoms with Gasteiger partial charge < -0.3 is 24.6 Å². The Morgan fingerprint density at radius 3 is 2.61 bits per heavy atom. The van der Waals surface area contributed by atoms with Crippen molar-refractivity contribution in [3.8, 4) is 11.5 Å². The van der Waals surface area contributed by atoms with Crippen LogP contribution in [0.1, 0.15) is 58.6 Å². The number of phenols is 1. The van der Waals surface area contributed by atoms with Crippen LogP contribution in [0.2, 0.25) is 0 Å². The number of methoxy groups -OCH3 is 1. The minimum absolute atomic E-state index is 0.0254. The smallest absolute Gasteiger partial charge is 0.219 e. The van der Waals surface area contributed by atoms with Crippen molar-refractivity contribution in [2.45, 2.75) is 82.6 Å². The number of carbonyl (C=O) groups excluding carboxylic acids is 1. The molecule has 33 heavy (non-hydrogen) atoms. The fraction of sp³-hybridized carbons (Fsp3) is 0.667. The number of phenolic OH excluding ortho intramolecular Hbond substituents is 1. The van der Waals surface area contributed by atoms with E-state index in [4.69, 9.17) is 9.47 Å². The van der Waals surface area contributed by atoms with Crippen LogP contribution in [0.15, 0.2) is 24.3 Å². The van der Waals surface area contributed by atoms with Gasteiger partial charge in [-0.15, -0.1) is 0 Å². The summed E-state index contributed by atoms with van der Waals surface area (Å²) in [6.07, 6.45) is 6.19. The van der Waals surface area contributed by atoms with Crippen molar-refractivity contribution >= 4 is 5.91 Å². The van der Waals surface area contributed by atoms with E-state index in [1.54, 1.807) is 20.1 Å². The molecule has 4 aliphatic carbocycles. The molecule has 2 aliphatic heterocycles. The molecule has 1 amide bonds. The molecule has 6 aliphatic rings. The molecule has 7 atom stereocenters. The number of amides is 1. The lowest BCUT2D eigenvalue weighted by Crippen LogP contribution is -2.81. The van der Waals surface area contributed by atoms with Crippen molar-refractivity contribution in [2.24, 2.45) is 16.7 Å². The van der Waals surface area contributed by atoms with Crippen LogP contribution in [0.4, 0.5) is 0 Å². The van der Waals surface area contributed by atoms with E-state index >= 15 is 0 Å². The highest BCUT2D eigenvalue weighted by Crippen LogP contribution is 2.76. The lowest BCUT2D eigenvalue weighted by molar-refractivity contribution is -0.261. The van der Waals surface area contributed by atoms with E-state index in [1.807, 2.05) is 17.9 Å². The minimum atomic E-state index is -1.06. The molecule has 1 saturated carbocycles. The summed E-state index contributed by atoms with van der Waals surface area (Å²) in [6, 6.07) is 3.69. The molecule has 7 rings (SSSR count). The van der Waals surface area contributed by atoms with E-state index in [2.05, 4.69) is 32.9 Å². The van der Waals surface area contributed by atoms with Gasteiger partial charge in [-0.25, -0.2) is 0 Å². The normalized spacial score (nSPS) is 41.4. The number of hydrogen-bond donors (Lipinski definition) is 2. The average Bonchev–Trinajstić information content (AvgIpc) is 3.11. The van der Waals surface area contributed by atoms with Crippen molar-refractivity contribution in [1.82, 2.24) is 4.90 Å². The zero-order chi connectivity index (χ0) is 23.8. The highest BCUT2D eigenvalue weighted by molar-refractivity contribution is 5.76. The molecule has 1 aromatic rings. The van der Waals surface area contributed by atoms with Gasteiger partial charge in [0.15, 0.2) is 11.5 Å². The van der Waals surface area contributed by atoms with E-state index in [1.165, 1.54) is 0 Å². The Labute approximate surface area is 195 Å². The van der Waals surface area contributed by atoms with Crippen molar-refractivity contribution < 1.29 is 24.5 Å². The fourth-order valence-corrected chi connectivity index (χ4v) is 8.38. The van der Waals surface area contributed by atoms with Crippen molar-refractivity contribution in [3.63, 3.8) is 0 Å². The quantitative estimate of drug-likeness (QED) is 0.672. The predicted octanol–water partition coefficient (Wildman–Crippen LogP) is 3.33. The summed E-state index contributed by atoms with van der Waals surface area (Å²) >= 11 is 0. The number of hydrogen-bond acceptors (Lipinski definition) is 5. The third kappa shape index (κ3) is 2.08. The third-order valence-electron chi connectivity index (χ3n) is 10.4. The number of aromatic hydroxyl groups is 1. The highest BCUT2D eigenvalue weighted by atomic mass is 16.6. The number of benzene rings is 1. The van der Waals surface area contributed by atoms with Gasteiger partial charge in [-0.2, -0.15) is 0 Å². The highest BCUT2D eigenvalue weighted by Gasteiger charge is 2.81. The fourth-order valence-electron chi connectivity index (χ4n) is 8.38. The molecule has 2 fully saturated rings. The van der Waals surface area contributed by atoms with Crippen LogP contribution < -0.4 is 4.74 Å². The van der Waals surface area contributed by atoms with Crippen molar-refractivity contribution in [3.05, 3.63) is 35.4 Å². The first-order chi connectivity index (χ1) is 15.4. The van der Waals surface area contributed by atoms with Crippen LogP contribution in [-0.4, -0.2) is 58.0 Å². The number of rotatable bonds is 2. The Balaban J connectivity index is 1.68. The molecule has 6 heteroatoms. The second kappa shape index (κ2) is 5.95. The summed E-state index contributed by atoms with van der Waals surface area (Å²) in [4.78, 5) is 14.9. The first-order valence-electron chi connectivity index (χ1n) is 12.1. The predicted molar refractivity (Wildman–Crippen MR) is 123 cm³/mol. The Bertz CT molecular complexity index is 1100. The summed E-state index contributed by atoms with van der Waals surface area (Å²) in [6.45, 7) is 10.4. The number of aliphatic hydroxyl groups is 1. The zero-order valence-electron chi connectivity index (χ0n) is 20.4. The molecular formula is C27H35NO5. The topological polar surface area (TPSA) is 79.2 Å². The van der Waals surface area contributed by atoms with Gasteiger partial charge in [0.05, 0.1) is 11.0 Å². The summed E-state index contributed by atoms with van der Waals surface area (Å²) in [5.74, 6) is 0.567. The molecule has 2 N–H and O–H groups in total. The van der Waals surface area contributed by atoms with E-state index in [0.717, 1.165) is 17.5 Å². The van der Waals surface area contributed by atoms with Gasteiger partial charge in [0.25, 0.3) is 0 Å². The van der Waals surface area contributed by atoms with Gasteiger partial charge in [0, 0.05) is 43.5 Å². The average molecular weight is 454 g/mol. The summed E-state index contributed by atoms with van der Waals surface area (Å²) in [7, 11) is 1.71. The largest absolute Gasteiger partial charge is 0.504 e. The number of carbonyl (C=O) groups is 1. The SMILES string of the molecule is CO[C@]12C=C[C@@]3(C[C@@H]1[C@](C)(O)C(C)(C)C)[C@H]1Cc4ccc(O)c5c4[C@@]3(CCN1C(C)=O)[C@H]2O5. The first-order valence-corrected chi connectivity index (χ1v) is 12.1. The molecular weight excluding hydrogens is 418 g/mol. The second-order valence-electron chi connectivity index (χ2n) is 12.2. The van der Waals surface area contributed by atoms with E-state index in [9.17, 15) is 15.0 Å². The van der Waals surface area contributed by atoms with E-state index in [-0.39, 0.29) is 29.7 Å². The number of fused-ring (bicyclic) bond motifs is 1. The maximum absolute atomic E-state index is 12.8. The molecule has 0 radical (unpaired) electrons. The summed E-state index contributed by atoms with van der Waals surface area (Å²) in [5, 5.41) is 22.9. The van der Waals surface area contributed by atoms with Crippen LogP contribution >= 0.6 is 0 Å². The summed E-state index contributed by atoms with van der Waals surface area (Å²) in [5.41, 5.74) is -0.848. The van der Waals surface area contributed by atoms with Crippen LogP contribution in [0.25, 0.3) is 0 Å². The maximum Gasteiger partial charge on any atom is 0.219 e. The number of piperidine rings is 1. The van der Waals surface area contributed by atoms with Crippen molar-refractivity contribution in [2.75, 3.05) is 13.7 Å². The molecule has 2 heterocycles. The molecule has 0 unspecified atom stereocenters. The van der Waals surface area contributed by atoms with Crippen LogP contribution in [0.5, 0.6) is 11.5 Å². The molecule has 178 valence electrons. The zero-order valence-corrected chi connectivity index (χ0v) is 20.4. The summed E-state index contributed by atoms with van der Waals surface area (Å²) < 4.78 is 13.1.